The lowest BCUT2D eigenvalue weighted by Crippen LogP contribution is -2.43. The molecule has 0 saturated heterocycles. The Labute approximate surface area is 117 Å². The minimum absolute atomic E-state index is 0.0143. The summed E-state index contributed by atoms with van der Waals surface area (Å²) >= 11 is 0. The smallest absolute Gasteiger partial charge is 0.250 e. The molecule has 1 rings (SSSR count). The number of rotatable bonds is 5. The van der Waals surface area contributed by atoms with Crippen LogP contribution >= 0.6 is 0 Å². The first kappa shape index (κ1) is 16.1. The number of hydrogen-bond donors (Lipinski definition) is 1. The zero-order chi connectivity index (χ0) is 14.7. The lowest BCUT2D eigenvalue weighted by atomic mass is 10.2. The van der Waals surface area contributed by atoms with Crippen LogP contribution in [0.15, 0.2) is 18.2 Å². The molecule has 0 aliphatic rings. The molecule has 4 heteroatoms. The van der Waals surface area contributed by atoms with E-state index in [1.807, 2.05) is 25.1 Å². The first-order valence-corrected chi connectivity index (χ1v) is 9.67. The molecule has 19 heavy (non-hydrogen) atoms. The maximum absolute atomic E-state index is 9.20. The molecule has 3 nitrogen and oxygen atoms in total. The fourth-order valence-electron chi connectivity index (χ4n) is 1.43. The lowest BCUT2D eigenvalue weighted by Gasteiger charge is -2.36. The van der Waals surface area contributed by atoms with Gasteiger partial charge in [0.2, 0.25) is 0 Å². The van der Waals surface area contributed by atoms with Gasteiger partial charge in [-0.3, -0.25) is 0 Å². The molecule has 0 aromatic heterocycles. The summed E-state index contributed by atoms with van der Waals surface area (Å²) in [7, 11) is -1.88. The Morgan fingerprint density at radius 3 is 2.26 bits per heavy atom. The van der Waals surface area contributed by atoms with Crippen molar-refractivity contribution < 1.29 is 14.3 Å². The van der Waals surface area contributed by atoms with Crippen molar-refractivity contribution in [1.82, 2.24) is 0 Å². The third-order valence-electron chi connectivity index (χ3n) is 3.66. The van der Waals surface area contributed by atoms with Crippen molar-refractivity contribution in [3.63, 3.8) is 0 Å². The largest absolute Gasteiger partial charge is 0.541 e. The van der Waals surface area contributed by atoms with E-state index in [4.69, 9.17) is 9.16 Å². The van der Waals surface area contributed by atoms with Gasteiger partial charge in [0.1, 0.15) is 5.75 Å². The van der Waals surface area contributed by atoms with E-state index in [1.54, 1.807) is 0 Å². The van der Waals surface area contributed by atoms with E-state index in [1.165, 1.54) is 0 Å². The number of benzene rings is 1. The molecule has 1 aromatic rings. The highest BCUT2D eigenvalue weighted by Crippen LogP contribution is 2.40. The topological polar surface area (TPSA) is 38.7 Å². The van der Waals surface area contributed by atoms with Crippen LogP contribution < -0.4 is 9.16 Å². The van der Waals surface area contributed by atoms with Crippen molar-refractivity contribution in [3.8, 4) is 11.5 Å². The Morgan fingerprint density at radius 2 is 1.79 bits per heavy atom. The van der Waals surface area contributed by atoms with Crippen LogP contribution in [0.2, 0.25) is 18.1 Å². The Kier molecular flexibility index (Phi) is 5.04. The molecular formula is C15H26O3Si. The minimum atomic E-state index is -1.88. The van der Waals surface area contributed by atoms with E-state index in [2.05, 4.69) is 33.9 Å². The summed E-state index contributed by atoms with van der Waals surface area (Å²) < 4.78 is 11.9. The highest BCUT2D eigenvalue weighted by molar-refractivity contribution is 6.74. The molecule has 1 aromatic carbocycles. The summed E-state index contributed by atoms with van der Waals surface area (Å²) in [6, 6.07) is 5.63. The lowest BCUT2D eigenvalue weighted by molar-refractivity contribution is 0.279. The summed E-state index contributed by atoms with van der Waals surface area (Å²) in [6.45, 7) is 13.6. The number of hydrogen-bond acceptors (Lipinski definition) is 3. The van der Waals surface area contributed by atoms with Crippen LogP contribution in [0.3, 0.4) is 0 Å². The Balaban J connectivity index is 3.06. The van der Waals surface area contributed by atoms with Crippen LogP contribution in [-0.4, -0.2) is 20.0 Å². The first-order chi connectivity index (χ1) is 8.71. The molecule has 0 heterocycles. The zero-order valence-corrected chi connectivity index (χ0v) is 13.9. The highest BCUT2D eigenvalue weighted by atomic mass is 28.4. The van der Waals surface area contributed by atoms with Crippen molar-refractivity contribution in [2.75, 3.05) is 6.61 Å². The molecule has 0 fully saturated rings. The molecule has 0 unspecified atom stereocenters. The third kappa shape index (κ3) is 3.98. The van der Waals surface area contributed by atoms with Gasteiger partial charge in [-0.25, -0.2) is 0 Å². The van der Waals surface area contributed by atoms with E-state index in [9.17, 15) is 5.11 Å². The monoisotopic (exact) mass is 282 g/mol. The third-order valence-corrected chi connectivity index (χ3v) is 8.00. The van der Waals surface area contributed by atoms with Gasteiger partial charge in [0, 0.05) is 0 Å². The van der Waals surface area contributed by atoms with E-state index < -0.39 is 8.32 Å². The molecule has 1 N–H and O–H groups in total. The predicted octanol–water partition coefficient (Wildman–Crippen LogP) is 3.96. The predicted molar refractivity (Wildman–Crippen MR) is 81.4 cm³/mol. The fraction of sp³-hybridized carbons (Fsp3) is 0.600. The van der Waals surface area contributed by atoms with Gasteiger partial charge < -0.3 is 14.3 Å². The summed E-state index contributed by atoms with van der Waals surface area (Å²) in [5.74, 6) is 1.50. The quantitative estimate of drug-likeness (QED) is 0.831. The van der Waals surface area contributed by atoms with Crippen molar-refractivity contribution >= 4 is 8.32 Å². The van der Waals surface area contributed by atoms with Gasteiger partial charge in [0.15, 0.2) is 5.75 Å². The van der Waals surface area contributed by atoms with Crippen molar-refractivity contribution in [2.24, 2.45) is 0 Å². The van der Waals surface area contributed by atoms with Gasteiger partial charge in [-0.2, -0.15) is 0 Å². The second kappa shape index (κ2) is 5.97. The molecule has 108 valence electrons. The molecule has 0 aliphatic carbocycles. The van der Waals surface area contributed by atoms with Crippen LogP contribution in [0.25, 0.3) is 0 Å². The minimum Gasteiger partial charge on any atom is -0.541 e. The van der Waals surface area contributed by atoms with Crippen LogP contribution in [0.1, 0.15) is 33.3 Å². The summed E-state index contributed by atoms with van der Waals surface area (Å²) in [5.41, 5.74) is 0.839. The molecule has 0 spiro atoms. The van der Waals surface area contributed by atoms with E-state index in [0.717, 1.165) is 17.1 Å². The average molecular weight is 282 g/mol. The SMILES string of the molecule is CCOc1cc(CO)ccc1O[Si](C)(C)C(C)(C)C. The Morgan fingerprint density at radius 1 is 1.16 bits per heavy atom. The van der Waals surface area contributed by atoms with Crippen molar-refractivity contribution in [2.45, 2.75) is 52.4 Å². The van der Waals surface area contributed by atoms with Crippen LogP contribution in [0.5, 0.6) is 11.5 Å². The molecule has 0 bridgehead atoms. The average Bonchev–Trinajstić information content (AvgIpc) is 2.30. The highest BCUT2D eigenvalue weighted by Gasteiger charge is 2.39. The number of ether oxygens (including phenoxy) is 1. The van der Waals surface area contributed by atoms with Gasteiger partial charge in [-0.15, -0.1) is 0 Å². The number of aliphatic hydroxyl groups excluding tert-OH is 1. The Bertz CT molecular complexity index is 422. The normalized spacial score (nSPS) is 12.4. The van der Waals surface area contributed by atoms with Crippen LogP contribution in [-0.2, 0) is 6.61 Å². The molecule has 0 aliphatic heterocycles. The number of aliphatic hydroxyl groups is 1. The van der Waals surface area contributed by atoms with Gasteiger partial charge in [-0.05, 0) is 42.8 Å². The van der Waals surface area contributed by atoms with Gasteiger partial charge in [0.05, 0.1) is 13.2 Å². The Hall–Kier alpha value is -1.00. The van der Waals surface area contributed by atoms with Crippen LogP contribution in [0.4, 0.5) is 0 Å². The summed E-state index contributed by atoms with van der Waals surface area (Å²) in [6.07, 6.45) is 0. The zero-order valence-electron chi connectivity index (χ0n) is 12.9. The standard InChI is InChI=1S/C15H26O3Si/c1-7-17-14-10-12(11-16)8-9-13(14)18-19(5,6)15(2,3)4/h8-10,16H,7,11H2,1-6H3. The fourth-order valence-corrected chi connectivity index (χ4v) is 2.46. The van der Waals surface area contributed by atoms with Crippen LogP contribution in [0, 0.1) is 0 Å². The summed E-state index contributed by atoms with van der Waals surface area (Å²) in [4.78, 5) is 0. The van der Waals surface area contributed by atoms with E-state index in [0.29, 0.717) is 6.61 Å². The van der Waals surface area contributed by atoms with Gasteiger partial charge >= 0.3 is 0 Å². The first-order valence-electron chi connectivity index (χ1n) is 6.77. The summed E-state index contributed by atoms with van der Waals surface area (Å²) in [5, 5.41) is 9.34. The molecular weight excluding hydrogens is 256 g/mol. The van der Waals surface area contributed by atoms with Crippen molar-refractivity contribution in [3.05, 3.63) is 23.8 Å². The molecule has 0 atom stereocenters. The maximum Gasteiger partial charge on any atom is 0.250 e. The van der Waals surface area contributed by atoms with Gasteiger partial charge in [-0.1, -0.05) is 26.8 Å². The maximum atomic E-state index is 9.20. The molecule has 0 saturated carbocycles. The van der Waals surface area contributed by atoms with Crippen molar-refractivity contribution in [1.29, 1.82) is 0 Å². The second-order valence-corrected chi connectivity index (χ2v) is 11.0. The van der Waals surface area contributed by atoms with E-state index in [-0.39, 0.29) is 11.6 Å². The molecule has 0 radical (unpaired) electrons. The molecule has 0 amide bonds. The van der Waals surface area contributed by atoms with Gasteiger partial charge in [0.25, 0.3) is 8.32 Å². The van der Waals surface area contributed by atoms with E-state index >= 15 is 0 Å². The second-order valence-electron chi connectivity index (χ2n) is 6.23.